The Kier molecular flexibility index (Phi) is 17.4. The van der Waals surface area contributed by atoms with Crippen molar-refractivity contribution >= 4 is 28.1 Å². The molecule has 3 aromatic rings. The van der Waals surface area contributed by atoms with Crippen LogP contribution < -0.4 is 13.6 Å². The van der Waals surface area contributed by atoms with Gasteiger partial charge in [0, 0.05) is 23.6 Å². The van der Waals surface area contributed by atoms with E-state index in [1.54, 1.807) is 6.07 Å². The maximum absolute atomic E-state index is 11.2. The Morgan fingerprint density at radius 1 is 0.439 bits per heavy atom. The van der Waals surface area contributed by atoms with E-state index >= 15 is 0 Å². The summed E-state index contributed by atoms with van der Waals surface area (Å²) in [7, 11) is -1.89. The molecule has 3 aromatic carbocycles. The van der Waals surface area contributed by atoms with Crippen LogP contribution in [0.1, 0.15) is 165 Å². The van der Waals surface area contributed by atoms with Gasteiger partial charge >= 0.3 is 67.3 Å². The van der Waals surface area contributed by atoms with Crippen LogP contribution in [0.2, 0.25) is 0 Å². The molecule has 328 valence electrons. The molecule has 0 spiro atoms. The van der Waals surface area contributed by atoms with Gasteiger partial charge in [-0.25, -0.2) is 0 Å². The SMILES string of the molecule is CC#N.CC(C)(C)c1ccc(OP(Oc2ccc(C(C)(C)C)cc2C(C)(C)C)Oc2ccc(C(C)(C)C)cc2C(C)(C)C)c(C(C)(C)C)c1.[Au+].[F][Sb-]([F])([F])([F])([F])[F]. The molecule has 4 nitrogen and oxygen atoms in total. The quantitative estimate of drug-likeness (QED) is 0.140. The Morgan fingerprint density at radius 3 is 0.754 bits per heavy atom. The molecule has 0 N–H and O–H groups in total. The molecule has 0 saturated carbocycles. The normalized spacial score (nSPS) is 14.0. The van der Waals surface area contributed by atoms with E-state index in [9.17, 15) is 16.9 Å². The van der Waals surface area contributed by atoms with Crippen LogP contribution in [0.3, 0.4) is 0 Å². The molecule has 13 heteroatoms. The van der Waals surface area contributed by atoms with Crippen LogP contribution in [-0.2, 0) is 54.9 Å². The van der Waals surface area contributed by atoms with E-state index in [0.29, 0.717) is 0 Å². The van der Waals surface area contributed by atoms with Crippen molar-refractivity contribution in [3.8, 4) is 23.3 Å². The van der Waals surface area contributed by atoms with Crippen LogP contribution in [0.5, 0.6) is 17.2 Å². The summed E-state index contributed by atoms with van der Waals surface area (Å²) in [6.07, 6.45) is 0. The Bertz CT molecular complexity index is 1660. The molecule has 0 unspecified atom stereocenters. The molecule has 3 rings (SSSR count). The van der Waals surface area contributed by atoms with Crippen molar-refractivity contribution in [3.05, 3.63) is 88.0 Å². The monoisotopic (exact) mass is 1120 g/mol. The summed E-state index contributed by atoms with van der Waals surface area (Å²) in [6, 6.07) is 21.5. The van der Waals surface area contributed by atoms with Crippen LogP contribution in [0, 0.1) is 11.3 Å². The first-order valence-electron chi connectivity index (χ1n) is 18.6. The van der Waals surface area contributed by atoms with Crippen LogP contribution in [0.4, 0.5) is 16.9 Å². The molecule has 0 amide bonds. The first-order valence-corrected chi connectivity index (χ1v) is 25.5. The number of benzene rings is 3. The fourth-order valence-corrected chi connectivity index (χ4v) is 6.35. The van der Waals surface area contributed by atoms with Crippen molar-refractivity contribution in [2.75, 3.05) is 0 Å². The van der Waals surface area contributed by atoms with Gasteiger partial charge in [0.1, 0.15) is 17.2 Å². The fourth-order valence-electron chi connectivity index (χ4n) is 5.28. The second-order valence-corrected chi connectivity index (χ2v) is 26.8. The standard InChI is InChI=1S/C42H63O3P.C2H3N.Au.6FH.Sb/c1-37(2,3)28-19-22-34(31(25-28)40(10,11)12)43-46(44-35-23-20-29(38(4,5)6)26-32(35)41(13,14)15)45-36-24-21-30(39(7,8)9)27-33(36)42(16,17)18;1-2-3;;;;;;;;/h19-27H,1-18H3;1H3;;6*1H;/q;;+1;;;;;;;+5/p-6. The van der Waals surface area contributed by atoms with E-state index in [4.69, 9.17) is 18.8 Å². The Hall–Kier alpha value is -1.88. The van der Waals surface area contributed by atoms with Crippen molar-refractivity contribution in [2.24, 2.45) is 0 Å². The van der Waals surface area contributed by atoms with Crippen molar-refractivity contribution in [3.63, 3.8) is 0 Å². The van der Waals surface area contributed by atoms with Crippen molar-refractivity contribution < 1.29 is 52.8 Å². The summed E-state index contributed by atoms with van der Waals surface area (Å²) in [4.78, 5) is 0. The van der Waals surface area contributed by atoms with Gasteiger partial charge in [0.15, 0.2) is 0 Å². The average Bonchev–Trinajstić information content (AvgIpc) is 2.93. The van der Waals surface area contributed by atoms with Gasteiger partial charge in [-0.3, -0.25) is 0 Å². The van der Waals surface area contributed by atoms with Gasteiger partial charge in [-0.15, -0.1) is 0 Å². The third-order valence-corrected chi connectivity index (χ3v) is 9.52. The summed E-state index contributed by atoms with van der Waals surface area (Å²) in [5, 5.41) is 7.32. The van der Waals surface area contributed by atoms with E-state index in [-0.39, 0.29) is 54.9 Å². The Balaban J connectivity index is 0.00000253. The number of rotatable bonds is 6. The summed E-state index contributed by atoms with van der Waals surface area (Å²) < 4.78 is 80.2. The van der Waals surface area contributed by atoms with Gasteiger partial charge in [-0.05, 0) is 67.4 Å². The number of halogens is 6. The molecular weight excluding hydrogens is 1050 g/mol. The number of nitrogens with zero attached hydrogens (tertiary/aromatic N) is 1. The van der Waals surface area contributed by atoms with E-state index in [1.165, 1.54) is 23.6 Å². The zero-order valence-electron chi connectivity index (χ0n) is 37.3. The van der Waals surface area contributed by atoms with E-state index in [1.807, 2.05) is 0 Å². The molecule has 0 heterocycles. The van der Waals surface area contributed by atoms with Crippen LogP contribution in [0.25, 0.3) is 0 Å². The maximum atomic E-state index is 9.93. The average molecular weight is 1120 g/mol. The summed E-state index contributed by atoms with van der Waals surface area (Å²) >= 11 is -11.2. The Morgan fingerprint density at radius 2 is 0.614 bits per heavy atom. The van der Waals surface area contributed by atoms with E-state index < -0.39 is 28.1 Å². The van der Waals surface area contributed by atoms with E-state index in [2.05, 4.69) is 179 Å². The third kappa shape index (κ3) is 20.3. The van der Waals surface area contributed by atoms with Gasteiger partial charge in [0.05, 0.1) is 6.07 Å². The minimum absolute atomic E-state index is 0. The molecule has 0 saturated heterocycles. The number of nitriles is 1. The molecule has 0 aliphatic heterocycles. The molecule has 0 aliphatic rings. The zero-order valence-corrected chi connectivity index (χ0v) is 42.9. The van der Waals surface area contributed by atoms with Gasteiger partial charge < -0.3 is 13.6 Å². The second-order valence-electron chi connectivity index (χ2n) is 20.3. The topological polar surface area (TPSA) is 51.5 Å². The van der Waals surface area contributed by atoms with Gasteiger partial charge in [-0.2, -0.15) is 5.26 Å². The fraction of sp³-hybridized carbons (Fsp3) is 0.568. The summed E-state index contributed by atoms with van der Waals surface area (Å²) in [6.45, 7) is 41.8. The zero-order chi connectivity index (χ0) is 44.4. The van der Waals surface area contributed by atoms with Crippen molar-refractivity contribution in [1.29, 1.82) is 5.26 Å². The Labute approximate surface area is 359 Å². The molecule has 0 radical (unpaired) electrons. The molecule has 0 aromatic heterocycles. The molecule has 0 atom stereocenters. The van der Waals surface area contributed by atoms with Gasteiger partial charge in [0.2, 0.25) is 0 Å². The minimum atomic E-state index is -11.2. The number of hydrogen-bond acceptors (Lipinski definition) is 4. The predicted octanol–water partition coefficient (Wildman–Crippen LogP) is 15.9. The van der Waals surface area contributed by atoms with Crippen LogP contribution >= 0.6 is 8.60 Å². The van der Waals surface area contributed by atoms with Crippen molar-refractivity contribution in [2.45, 2.75) is 164 Å². The van der Waals surface area contributed by atoms with Gasteiger partial charge in [-0.1, -0.05) is 161 Å². The summed E-state index contributed by atoms with van der Waals surface area (Å²) in [5.41, 5.74) is 6.85. The first kappa shape index (κ1) is 55.1. The molecule has 0 fully saturated rings. The van der Waals surface area contributed by atoms with Crippen LogP contribution in [0.15, 0.2) is 54.6 Å². The second kappa shape index (κ2) is 18.0. The first-order chi connectivity index (χ1) is 24.4. The molecule has 0 aliphatic carbocycles. The number of hydrogen-bond donors (Lipinski definition) is 0. The van der Waals surface area contributed by atoms with Gasteiger partial charge in [0.25, 0.3) is 0 Å². The predicted molar refractivity (Wildman–Crippen MR) is 224 cm³/mol. The molecular formula is C44H66AuF6NO3PSb. The third-order valence-electron chi connectivity index (χ3n) is 8.48. The molecule has 0 bridgehead atoms. The van der Waals surface area contributed by atoms with Crippen LogP contribution in [-0.4, -0.2) is 19.5 Å². The van der Waals surface area contributed by atoms with Crippen molar-refractivity contribution in [1.82, 2.24) is 0 Å². The summed E-state index contributed by atoms with van der Waals surface area (Å²) in [5.74, 6) is 2.37. The van der Waals surface area contributed by atoms with E-state index in [0.717, 1.165) is 33.9 Å². The molecule has 57 heavy (non-hydrogen) atoms.